The zero-order chi connectivity index (χ0) is 19.6. The SMILES string of the molecule is CCCCCCCCCCCCNC(=S)N/N=C/C(C)=C\c1ccccc1. The second-order valence-corrected chi connectivity index (χ2v) is 7.52. The number of benzene rings is 1. The van der Waals surface area contributed by atoms with Crippen LogP contribution in [0.4, 0.5) is 0 Å². The fourth-order valence-electron chi connectivity index (χ4n) is 2.90. The summed E-state index contributed by atoms with van der Waals surface area (Å²) < 4.78 is 0. The quantitative estimate of drug-likeness (QED) is 0.166. The summed E-state index contributed by atoms with van der Waals surface area (Å²) in [7, 11) is 0. The lowest BCUT2D eigenvalue weighted by atomic mass is 10.1. The maximum Gasteiger partial charge on any atom is 0.186 e. The molecule has 0 atom stereocenters. The van der Waals surface area contributed by atoms with Crippen LogP contribution in [0.2, 0.25) is 0 Å². The number of hydrogen-bond acceptors (Lipinski definition) is 2. The summed E-state index contributed by atoms with van der Waals surface area (Å²) in [6.45, 7) is 5.21. The van der Waals surface area contributed by atoms with E-state index in [1.165, 1.54) is 63.4 Å². The normalized spacial score (nSPS) is 11.7. The number of nitrogens with zero attached hydrogens (tertiary/aromatic N) is 1. The Kier molecular flexibility index (Phi) is 14.3. The molecule has 0 heterocycles. The molecule has 1 rings (SSSR count). The highest BCUT2D eigenvalue weighted by atomic mass is 32.1. The number of unbranched alkanes of at least 4 members (excludes halogenated alkanes) is 9. The molecule has 4 heteroatoms. The number of hydrogen-bond donors (Lipinski definition) is 2. The van der Waals surface area contributed by atoms with Gasteiger partial charge in [-0.3, -0.25) is 5.43 Å². The largest absolute Gasteiger partial charge is 0.361 e. The Morgan fingerprint density at radius 2 is 1.52 bits per heavy atom. The summed E-state index contributed by atoms with van der Waals surface area (Å²) >= 11 is 5.25. The summed E-state index contributed by atoms with van der Waals surface area (Å²) in [5.74, 6) is 0. The monoisotopic (exact) mass is 387 g/mol. The minimum absolute atomic E-state index is 0.592. The van der Waals surface area contributed by atoms with Crippen LogP contribution in [0.15, 0.2) is 41.0 Å². The Bertz CT molecular complexity index is 552. The maximum absolute atomic E-state index is 5.25. The standard InChI is InChI=1S/C23H37N3S/c1-3-4-5-6-7-8-9-10-11-15-18-24-23(27)26-25-20-21(2)19-22-16-13-12-14-17-22/h12-14,16-17,19-20H,3-11,15,18H2,1-2H3,(H2,24,26,27)/b21-19-,25-20+. The van der Waals surface area contributed by atoms with Crippen LogP contribution < -0.4 is 10.7 Å². The van der Waals surface area contributed by atoms with Gasteiger partial charge in [0.25, 0.3) is 0 Å². The lowest BCUT2D eigenvalue weighted by molar-refractivity contribution is 0.554. The maximum atomic E-state index is 5.25. The van der Waals surface area contributed by atoms with Crippen LogP contribution in [-0.2, 0) is 0 Å². The van der Waals surface area contributed by atoms with Gasteiger partial charge < -0.3 is 5.32 Å². The molecule has 0 saturated heterocycles. The van der Waals surface area contributed by atoms with E-state index in [4.69, 9.17) is 12.2 Å². The van der Waals surface area contributed by atoms with Crippen molar-refractivity contribution < 1.29 is 0 Å². The van der Waals surface area contributed by atoms with Gasteiger partial charge in [-0.2, -0.15) is 5.10 Å². The highest BCUT2D eigenvalue weighted by molar-refractivity contribution is 7.80. The van der Waals surface area contributed by atoms with E-state index in [2.05, 4.69) is 41.0 Å². The fraction of sp³-hybridized carbons (Fsp3) is 0.565. The molecule has 150 valence electrons. The molecule has 0 bridgehead atoms. The summed E-state index contributed by atoms with van der Waals surface area (Å²) in [4.78, 5) is 0. The third-order valence-corrected chi connectivity index (χ3v) is 4.68. The smallest absolute Gasteiger partial charge is 0.186 e. The summed E-state index contributed by atoms with van der Waals surface area (Å²) in [6.07, 6.45) is 17.4. The average molecular weight is 388 g/mol. The molecule has 27 heavy (non-hydrogen) atoms. The summed E-state index contributed by atoms with van der Waals surface area (Å²) in [6, 6.07) is 10.2. The molecule has 1 aromatic carbocycles. The molecule has 0 aromatic heterocycles. The summed E-state index contributed by atoms with van der Waals surface area (Å²) in [5.41, 5.74) is 5.13. The van der Waals surface area contributed by atoms with Gasteiger partial charge in [-0.05, 0) is 36.7 Å². The van der Waals surface area contributed by atoms with Crippen LogP contribution in [0.25, 0.3) is 6.08 Å². The number of rotatable bonds is 14. The van der Waals surface area contributed by atoms with E-state index in [9.17, 15) is 0 Å². The van der Waals surface area contributed by atoms with Crippen molar-refractivity contribution in [3.05, 3.63) is 41.5 Å². The first-order valence-electron chi connectivity index (χ1n) is 10.5. The Morgan fingerprint density at radius 1 is 0.926 bits per heavy atom. The Hall–Kier alpha value is -1.68. The van der Waals surface area contributed by atoms with Gasteiger partial charge in [0.1, 0.15) is 0 Å². The molecule has 0 unspecified atom stereocenters. The molecular weight excluding hydrogens is 350 g/mol. The lowest BCUT2D eigenvalue weighted by Crippen LogP contribution is -2.32. The van der Waals surface area contributed by atoms with Crippen LogP contribution in [0.5, 0.6) is 0 Å². The number of nitrogens with one attached hydrogen (secondary N) is 2. The first kappa shape index (κ1) is 23.4. The molecule has 0 aliphatic heterocycles. The number of allylic oxidation sites excluding steroid dienone is 1. The highest BCUT2D eigenvalue weighted by Gasteiger charge is 1.95. The van der Waals surface area contributed by atoms with E-state index in [1.54, 1.807) is 6.21 Å². The first-order valence-corrected chi connectivity index (χ1v) is 10.9. The zero-order valence-corrected chi connectivity index (χ0v) is 18.0. The third kappa shape index (κ3) is 14.1. The minimum atomic E-state index is 0.592. The molecule has 0 spiro atoms. The van der Waals surface area contributed by atoms with E-state index in [-0.39, 0.29) is 0 Å². The molecule has 0 radical (unpaired) electrons. The van der Waals surface area contributed by atoms with Crippen molar-refractivity contribution in [2.24, 2.45) is 5.10 Å². The van der Waals surface area contributed by atoms with E-state index in [1.807, 2.05) is 25.1 Å². The molecule has 0 aliphatic carbocycles. The predicted molar refractivity (Wildman–Crippen MR) is 124 cm³/mol. The van der Waals surface area contributed by atoms with Gasteiger partial charge in [0.15, 0.2) is 5.11 Å². The van der Waals surface area contributed by atoms with Crippen molar-refractivity contribution in [2.75, 3.05) is 6.54 Å². The van der Waals surface area contributed by atoms with E-state index in [0.29, 0.717) is 5.11 Å². The molecule has 0 aliphatic rings. The second-order valence-electron chi connectivity index (χ2n) is 7.11. The van der Waals surface area contributed by atoms with Gasteiger partial charge in [-0.25, -0.2) is 0 Å². The van der Waals surface area contributed by atoms with Gasteiger partial charge in [-0.15, -0.1) is 0 Å². The molecule has 0 fully saturated rings. The van der Waals surface area contributed by atoms with Crippen molar-refractivity contribution in [3.63, 3.8) is 0 Å². The number of thiocarbonyl (C=S) groups is 1. The lowest BCUT2D eigenvalue weighted by Gasteiger charge is -2.07. The van der Waals surface area contributed by atoms with Crippen molar-refractivity contribution >= 4 is 29.6 Å². The van der Waals surface area contributed by atoms with E-state index in [0.717, 1.165) is 18.5 Å². The van der Waals surface area contributed by atoms with Crippen LogP contribution >= 0.6 is 12.2 Å². The first-order chi connectivity index (χ1) is 13.2. The molecular formula is C23H37N3S. The van der Waals surface area contributed by atoms with Crippen LogP contribution in [0, 0.1) is 0 Å². The van der Waals surface area contributed by atoms with Gasteiger partial charge in [-0.1, -0.05) is 101 Å². The van der Waals surface area contributed by atoms with Gasteiger partial charge in [0, 0.05) is 6.54 Å². The van der Waals surface area contributed by atoms with Gasteiger partial charge in [0.05, 0.1) is 6.21 Å². The van der Waals surface area contributed by atoms with Gasteiger partial charge >= 0.3 is 0 Å². The molecule has 0 saturated carbocycles. The van der Waals surface area contributed by atoms with Gasteiger partial charge in [0.2, 0.25) is 0 Å². The fourth-order valence-corrected chi connectivity index (χ4v) is 3.05. The Balaban J connectivity index is 1.99. The zero-order valence-electron chi connectivity index (χ0n) is 17.2. The van der Waals surface area contributed by atoms with E-state index >= 15 is 0 Å². The molecule has 2 N–H and O–H groups in total. The minimum Gasteiger partial charge on any atom is -0.361 e. The Morgan fingerprint density at radius 3 is 2.15 bits per heavy atom. The third-order valence-electron chi connectivity index (χ3n) is 4.44. The number of hydrazone groups is 1. The van der Waals surface area contributed by atoms with Crippen molar-refractivity contribution in [1.82, 2.24) is 10.7 Å². The van der Waals surface area contributed by atoms with Crippen LogP contribution in [0.1, 0.15) is 83.6 Å². The molecule has 1 aromatic rings. The Labute approximate surface area is 171 Å². The van der Waals surface area contributed by atoms with Crippen LogP contribution in [0.3, 0.4) is 0 Å². The predicted octanol–water partition coefficient (Wildman–Crippen LogP) is 6.46. The van der Waals surface area contributed by atoms with E-state index < -0.39 is 0 Å². The molecule has 0 amide bonds. The second kappa shape index (κ2) is 16.5. The average Bonchev–Trinajstić information content (AvgIpc) is 2.67. The van der Waals surface area contributed by atoms with Crippen molar-refractivity contribution in [3.8, 4) is 0 Å². The summed E-state index contributed by atoms with van der Waals surface area (Å²) in [5, 5.41) is 8.00. The molecule has 3 nitrogen and oxygen atoms in total. The van der Waals surface area contributed by atoms with Crippen LogP contribution in [-0.4, -0.2) is 17.9 Å². The van der Waals surface area contributed by atoms with Crippen molar-refractivity contribution in [1.29, 1.82) is 0 Å². The van der Waals surface area contributed by atoms with Crippen molar-refractivity contribution in [2.45, 2.75) is 78.1 Å². The topological polar surface area (TPSA) is 36.4 Å². The highest BCUT2D eigenvalue weighted by Crippen LogP contribution is 2.10.